The van der Waals surface area contributed by atoms with Crippen molar-refractivity contribution in [1.29, 1.82) is 0 Å². The van der Waals surface area contributed by atoms with Crippen molar-refractivity contribution in [1.82, 2.24) is 0 Å². The third-order valence-corrected chi connectivity index (χ3v) is 3.31. The van der Waals surface area contributed by atoms with Gasteiger partial charge in [-0.25, -0.2) is 4.79 Å². The van der Waals surface area contributed by atoms with Crippen LogP contribution >= 0.6 is 0 Å². The van der Waals surface area contributed by atoms with Crippen molar-refractivity contribution in [3.05, 3.63) is 42.5 Å². The van der Waals surface area contributed by atoms with Gasteiger partial charge in [-0.05, 0) is 36.4 Å². The number of anilines is 3. The molecule has 122 valence electrons. The van der Waals surface area contributed by atoms with Crippen LogP contribution in [-0.2, 0) is 0 Å². The number of para-hydroxylation sites is 1. The van der Waals surface area contributed by atoms with Gasteiger partial charge in [0.25, 0.3) is 0 Å². The van der Waals surface area contributed by atoms with Gasteiger partial charge in [0.15, 0.2) is 0 Å². The quantitative estimate of drug-likeness (QED) is 0.887. The Bertz CT molecular complexity index is 647. The van der Waals surface area contributed by atoms with Gasteiger partial charge in [-0.2, -0.15) is 0 Å². The number of amides is 2. The molecule has 0 aliphatic rings. The highest BCUT2D eigenvalue weighted by atomic mass is 16.5. The fourth-order valence-electron chi connectivity index (χ4n) is 2.09. The number of benzene rings is 2. The number of nitrogens with zero attached hydrogens (tertiary/aromatic N) is 1. The summed E-state index contributed by atoms with van der Waals surface area (Å²) < 4.78 is 10.5. The first-order valence-corrected chi connectivity index (χ1v) is 7.11. The summed E-state index contributed by atoms with van der Waals surface area (Å²) in [6, 6.07) is 12.5. The number of hydrogen-bond acceptors (Lipinski definition) is 4. The maximum atomic E-state index is 12.2. The van der Waals surface area contributed by atoms with Gasteiger partial charge in [0.1, 0.15) is 17.2 Å². The summed E-state index contributed by atoms with van der Waals surface area (Å²) >= 11 is 0. The van der Waals surface area contributed by atoms with Gasteiger partial charge in [-0.15, -0.1) is 0 Å². The highest BCUT2D eigenvalue weighted by Crippen LogP contribution is 2.34. The lowest BCUT2D eigenvalue weighted by molar-refractivity contribution is 0.262. The van der Waals surface area contributed by atoms with E-state index in [1.165, 1.54) is 14.2 Å². The second-order valence-corrected chi connectivity index (χ2v) is 5.06. The van der Waals surface area contributed by atoms with Crippen LogP contribution in [0.3, 0.4) is 0 Å². The normalized spacial score (nSPS) is 9.91. The number of carbonyl (C=O) groups excluding carboxylic acids is 1. The second-order valence-electron chi connectivity index (χ2n) is 5.06. The largest absolute Gasteiger partial charge is 0.494 e. The van der Waals surface area contributed by atoms with E-state index in [9.17, 15) is 4.79 Å². The van der Waals surface area contributed by atoms with Gasteiger partial charge in [0.2, 0.25) is 0 Å². The van der Waals surface area contributed by atoms with Crippen LogP contribution in [0.1, 0.15) is 0 Å². The van der Waals surface area contributed by atoms with E-state index in [1.54, 1.807) is 18.2 Å². The number of methoxy groups -OCH3 is 2. The number of urea groups is 1. The Kier molecular flexibility index (Phi) is 5.30. The molecule has 2 aromatic carbocycles. The van der Waals surface area contributed by atoms with Crippen LogP contribution < -0.4 is 25.0 Å². The number of ether oxygens (including phenoxy) is 2. The molecule has 0 atom stereocenters. The van der Waals surface area contributed by atoms with E-state index in [1.807, 2.05) is 43.3 Å². The van der Waals surface area contributed by atoms with Gasteiger partial charge < -0.3 is 25.0 Å². The van der Waals surface area contributed by atoms with Gasteiger partial charge in [-0.1, -0.05) is 6.07 Å². The molecule has 2 amide bonds. The predicted molar refractivity (Wildman–Crippen MR) is 93.0 cm³/mol. The lowest BCUT2D eigenvalue weighted by Gasteiger charge is -2.15. The van der Waals surface area contributed by atoms with Crippen LogP contribution in [0.2, 0.25) is 0 Å². The standard InChI is InChI=1S/C17H21N3O3/c1-20(2)13-10-8-12(9-11-13)18-17(21)19-16-14(22-3)6-5-7-15(16)23-4/h5-11H,1-4H3,(H2,18,19,21). The molecule has 0 heterocycles. The Morgan fingerprint density at radius 2 is 1.48 bits per heavy atom. The molecule has 0 saturated carbocycles. The zero-order valence-corrected chi connectivity index (χ0v) is 13.7. The maximum absolute atomic E-state index is 12.2. The Balaban J connectivity index is 2.10. The van der Waals surface area contributed by atoms with Crippen molar-refractivity contribution >= 4 is 23.1 Å². The molecule has 0 bridgehead atoms. The summed E-state index contributed by atoms with van der Waals surface area (Å²) in [5.74, 6) is 1.06. The molecule has 23 heavy (non-hydrogen) atoms. The third kappa shape index (κ3) is 4.06. The lowest BCUT2D eigenvalue weighted by atomic mass is 10.2. The van der Waals surface area contributed by atoms with Crippen LogP contribution in [0.4, 0.5) is 21.9 Å². The molecule has 0 fully saturated rings. The first-order valence-electron chi connectivity index (χ1n) is 7.11. The maximum Gasteiger partial charge on any atom is 0.323 e. The summed E-state index contributed by atoms with van der Waals surface area (Å²) in [6.07, 6.45) is 0. The molecule has 6 nitrogen and oxygen atoms in total. The summed E-state index contributed by atoms with van der Waals surface area (Å²) in [6.45, 7) is 0. The number of carbonyl (C=O) groups is 1. The number of nitrogens with one attached hydrogen (secondary N) is 2. The average Bonchev–Trinajstić information content (AvgIpc) is 2.55. The van der Waals surface area contributed by atoms with Crippen LogP contribution in [0.5, 0.6) is 11.5 Å². The summed E-state index contributed by atoms with van der Waals surface area (Å²) in [4.78, 5) is 14.2. The van der Waals surface area contributed by atoms with Crippen molar-refractivity contribution in [2.24, 2.45) is 0 Å². The summed E-state index contributed by atoms with van der Waals surface area (Å²) in [5, 5.41) is 5.54. The molecule has 0 aliphatic carbocycles. The van der Waals surface area contributed by atoms with Crippen LogP contribution in [0, 0.1) is 0 Å². The van der Waals surface area contributed by atoms with Gasteiger partial charge in [-0.3, -0.25) is 0 Å². The minimum Gasteiger partial charge on any atom is -0.494 e. The van der Waals surface area contributed by atoms with Crippen molar-refractivity contribution in [3.8, 4) is 11.5 Å². The van der Waals surface area contributed by atoms with E-state index in [2.05, 4.69) is 10.6 Å². The van der Waals surface area contributed by atoms with Crippen molar-refractivity contribution < 1.29 is 14.3 Å². The third-order valence-electron chi connectivity index (χ3n) is 3.31. The van der Waals surface area contributed by atoms with Gasteiger partial charge >= 0.3 is 6.03 Å². The average molecular weight is 315 g/mol. The Morgan fingerprint density at radius 3 is 1.96 bits per heavy atom. The minimum absolute atomic E-state index is 0.370. The molecule has 0 saturated heterocycles. The first kappa shape index (κ1) is 16.5. The second kappa shape index (κ2) is 7.40. The molecule has 0 spiro atoms. The fraction of sp³-hybridized carbons (Fsp3) is 0.235. The first-order chi connectivity index (χ1) is 11.0. The Labute approximate surface area is 136 Å². The molecule has 0 aliphatic heterocycles. The van der Waals surface area contributed by atoms with E-state index in [4.69, 9.17) is 9.47 Å². The zero-order valence-electron chi connectivity index (χ0n) is 13.7. The van der Waals surface area contributed by atoms with Gasteiger partial charge in [0, 0.05) is 25.5 Å². The van der Waals surface area contributed by atoms with Crippen molar-refractivity contribution in [2.75, 3.05) is 43.8 Å². The highest BCUT2D eigenvalue weighted by molar-refractivity contribution is 6.01. The molecular weight excluding hydrogens is 294 g/mol. The fourth-order valence-corrected chi connectivity index (χ4v) is 2.09. The van der Waals surface area contributed by atoms with Crippen molar-refractivity contribution in [3.63, 3.8) is 0 Å². The molecular formula is C17H21N3O3. The Hall–Kier alpha value is -2.89. The molecule has 6 heteroatoms. The topological polar surface area (TPSA) is 62.8 Å². The van der Waals surface area contributed by atoms with Crippen LogP contribution in [0.15, 0.2) is 42.5 Å². The summed E-state index contributed by atoms with van der Waals surface area (Å²) in [7, 11) is 7.00. The van der Waals surface area contributed by atoms with Gasteiger partial charge in [0.05, 0.1) is 14.2 Å². The monoisotopic (exact) mass is 315 g/mol. The van der Waals surface area contributed by atoms with E-state index < -0.39 is 0 Å². The highest BCUT2D eigenvalue weighted by Gasteiger charge is 2.13. The van der Waals surface area contributed by atoms with E-state index in [0.29, 0.717) is 22.9 Å². The number of hydrogen-bond donors (Lipinski definition) is 2. The number of rotatable bonds is 5. The Morgan fingerprint density at radius 1 is 0.913 bits per heavy atom. The molecule has 2 aromatic rings. The van der Waals surface area contributed by atoms with E-state index in [-0.39, 0.29) is 6.03 Å². The predicted octanol–water partition coefficient (Wildman–Crippen LogP) is 3.41. The molecule has 0 aromatic heterocycles. The van der Waals surface area contributed by atoms with Crippen LogP contribution in [0.25, 0.3) is 0 Å². The smallest absolute Gasteiger partial charge is 0.323 e. The van der Waals surface area contributed by atoms with E-state index >= 15 is 0 Å². The lowest BCUT2D eigenvalue weighted by Crippen LogP contribution is -2.20. The van der Waals surface area contributed by atoms with E-state index in [0.717, 1.165) is 5.69 Å². The molecule has 2 N–H and O–H groups in total. The van der Waals surface area contributed by atoms with Crippen LogP contribution in [-0.4, -0.2) is 34.3 Å². The molecule has 2 rings (SSSR count). The molecule has 0 unspecified atom stereocenters. The van der Waals surface area contributed by atoms with Crippen molar-refractivity contribution in [2.45, 2.75) is 0 Å². The summed E-state index contributed by atoms with van der Waals surface area (Å²) in [5.41, 5.74) is 2.24. The molecule has 0 radical (unpaired) electrons. The minimum atomic E-state index is -0.370. The zero-order chi connectivity index (χ0) is 16.8. The SMILES string of the molecule is COc1cccc(OC)c1NC(=O)Nc1ccc(N(C)C)cc1.